The van der Waals surface area contributed by atoms with Gasteiger partial charge in [-0.15, -0.1) is 11.3 Å². The van der Waals surface area contributed by atoms with Gasteiger partial charge in [-0.2, -0.15) is 0 Å². The molecule has 0 aromatic carbocycles. The van der Waals surface area contributed by atoms with E-state index in [1.54, 1.807) is 17.5 Å². The van der Waals surface area contributed by atoms with Crippen LogP contribution in [-0.4, -0.2) is 14.5 Å². The third-order valence-electron chi connectivity index (χ3n) is 1.84. The molecule has 0 saturated carbocycles. The highest BCUT2D eigenvalue weighted by Crippen LogP contribution is 2.11. The fourth-order valence-corrected chi connectivity index (χ4v) is 2.10. The summed E-state index contributed by atoms with van der Waals surface area (Å²) in [5.74, 6) is 0.674. The molecule has 2 N–H and O–H groups in total. The highest BCUT2D eigenvalue weighted by Gasteiger charge is 2.05. The number of thiophene rings is 1. The lowest BCUT2D eigenvalue weighted by Gasteiger charge is -2.03. The van der Waals surface area contributed by atoms with Crippen LogP contribution in [-0.2, 0) is 6.54 Å². The predicted molar refractivity (Wildman–Crippen MR) is 61.5 cm³/mol. The maximum Gasteiger partial charge on any atom is 0.167 e. The standard InChI is InChI=1S/C9H9N3S2/c10-8(13)9-11-3-4-12(9)6-7-2-1-5-14-7/h1-5H,6H2,(H2,10,13). The molecular formula is C9H9N3S2. The molecule has 2 rings (SSSR count). The second kappa shape index (κ2) is 3.89. The van der Waals surface area contributed by atoms with E-state index in [0.29, 0.717) is 10.8 Å². The van der Waals surface area contributed by atoms with Crippen LogP contribution in [0, 0.1) is 0 Å². The minimum absolute atomic E-state index is 0.339. The lowest BCUT2D eigenvalue weighted by atomic mass is 10.4. The smallest absolute Gasteiger partial charge is 0.167 e. The van der Waals surface area contributed by atoms with Crippen LogP contribution in [0.25, 0.3) is 0 Å². The Morgan fingerprint density at radius 1 is 1.64 bits per heavy atom. The second-order valence-corrected chi connectivity index (χ2v) is 4.29. The van der Waals surface area contributed by atoms with Crippen LogP contribution in [0.1, 0.15) is 10.7 Å². The van der Waals surface area contributed by atoms with Crippen molar-refractivity contribution in [1.29, 1.82) is 0 Å². The van der Waals surface area contributed by atoms with Crippen LogP contribution < -0.4 is 5.73 Å². The summed E-state index contributed by atoms with van der Waals surface area (Å²) in [6.07, 6.45) is 3.59. The van der Waals surface area contributed by atoms with Gasteiger partial charge in [0.25, 0.3) is 0 Å². The molecule has 0 unspecified atom stereocenters. The first-order valence-electron chi connectivity index (χ1n) is 4.10. The zero-order chi connectivity index (χ0) is 9.97. The summed E-state index contributed by atoms with van der Waals surface area (Å²) in [5.41, 5.74) is 5.54. The Kier molecular flexibility index (Phi) is 2.60. The third kappa shape index (κ3) is 1.83. The zero-order valence-electron chi connectivity index (χ0n) is 7.38. The molecular weight excluding hydrogens is 214 g/mol. The molecule has 0 aliphatic rings. The largest absolute Gasteiger partial charge is 0.387 e. The van der Waals surface area contributed by atoms with E-state index < -0.39 is 0 Å². The minimum atomic E-state index is 0.339. The van der Waals surface area contributed by atoms with Gasteiger partial charge in [0.2, 0.25) is 0 Å². The van der Waals surface area contributed by atoms with Crippen LogP contribution in [0.2, 0.25) is 0 Å². The molecule has 0 aliphatic heterocycles. The number of thiocarbonyl (C=S) groups is 1. The molecule has 5 heteroatoms. The molecule has 3 nitrogen and oxygen atoms in total. The van der Waals surface area contributed by atoms with Gasteiger partial charge < -0.3 is 10.3 Å². The van der Waals surface area contributed by atoms with Gasteiger partial charge in [-0.3, -0.25) is 0 Å². The SMILES string of the molecule is NC(=S)c1nccn1Cc1cccs1. The average molecular weight is 223 g/mol. The van der Waals surface area contributed by atoms with Crippen LogP contribution in [0.5, 0.6) is 0 Å². The Morgan fingerprint density at radius 3 is 3.14 bits per heavy atom. The van der Waals surface area contributed by atoms with E-state index >= 15 is 0 Å². The van der Waals surface area contributed by atoms with Crippen molar-refractivity contribution in [3.8, 4) is 0 Å². The lowest BCUT2D eigenvalue weighted by molar-refractivity contribution is 0.800. The van der Waals surface area contributed by atoms with Gasteiger partial charge in [-0.1, -0.05) is 18.3 Å². The number of nitrogens with zero attached hydrogens (tertiary/aromatic N) is 2. The van der Waals surface area contributed by atoms with Crippen molar-refractivity contribution in [2.24, 2.45) is 5.73 Å². The average Bonchev–Trinajstić information content (AvgIpc) is 2.75. The molecule has 2 aromatic heterocycles. The first kappa shape index (κ1) is 9.36. The molecule has 0 fully saturated rings. The Hall–Kier alpha value is -1.20. The monoisotopic (exact) mass is 223 g/mol. The van der Waals surface area contributed by atoms with Crippen molar-refractivity contribution in [2.75, 3.05) is 0 Å². The molecule has 72 valence electrons. The molecule has 2 aromatic rings. The molecule has 0 amide bonds. The second-order valence-electron chi connectivity index (χ2n) is 2.82. The van der Waals surface area contributed by atoms with Crippen LogP contribution >= 0.6 is 23.6 Å². The molecule has 2 heterocycles. The number of hydrogen-bond acceptors (Lipinski definition) is 3. The molecule has 0 bridgehead atoms. The molecule has 0 radical (unpaired) electrons. The van der Waals surface area contributed by atoms with Gasteiger partial charge in [-0.25, -0.2) is 4.98 Å². The number of hydrogen-bond donors (Lipinski definition) is 1. The maximum atomic E-state index is 5.54. The van der Waals surface area contributed by atoms with E-state index in [9.17, 15) is 0 Å². The summed E-state index contributed by atoms with van der Waals surface area (Å²) in [6, 6.07) is 4.10. The minimum Gasteiger partial charge on any atom is -0.387 e. The lowest BCUT2D eigenvalue weighted by Crippen LogP contribution is -2.16. The van der Waals surface area contributed by atoms with Crippen molar-refractivity contribution in [1.82, 2.24) is 9.55 Å². The van der Waals surface area contributed by atoms with Gasteiger partial charge in [0.15, 0.2) is 5.82 Å². The first-order chi connectivity index (χ1) is 6.77. The van der Waals surface area contributed by atoms with Crippen molar-refractivity contribution in [3.63, 3.8) is 0 Å². The molecule has 0 saturated heterocycles. The molecule has 0 spiro atoms. The number of nitrogens with two attached hydrogens (primary N) is 1. The Labute approximate surface area is 91.2 Å². The van der Waals surface area contributed by atoms with Gasteiger partial charge in [0.05, 0.1) is 6.54 Å². The fourth-order valence-electron chi connectivity index (χ4n) is 1.23. The van der Waals surface area contributed by atoms with E-state index in [-0.39, 0.29) is 0 Å². The van der Waals surface area contributed by atoms with Gasteiger partial charge in [-0.05, 0) is 11.4 Å². The summed E-state index contributed by atoms with van der Waals surface area (Å²) >= 11 is 6.61. The van der Waals surface area contributed by atoms with Crippen molar-refractivity contribution in [3.05, 3.63) is 40.6 Å². The predicted octanol–water partition coefficient (Wildman–Crippen LogP) is 1.63. The summed E-state index contributed by atoms with van der Waals surface area (Å²) in [5, 5.41) is 2.05. The number of imidazole rings is 1. The van der Waals surface area contributed by atoms with Crippen LogP contribution in [0.3, 0.4) is 0 Å². The van der Waals surface area contributed by atoms with Gasteiger partial charge in [0.1, 0.15) is 4.99 Å². The number of aromatic nitrogens is 2. The summed E-state index contributed by atoms with van der Waals surface area (Å²) in [6.45, 7) is 0.782. The molecule has 0 atom stereocenters. The van der Waals surface area contributed by atoms with Crippen LogP contribution in [0.15, 0.2) is 29.9 Å². The Morgan fingerprint density at radius 2 is 2.50 bits per heavy atom. The topological polar surface area (TPSA) is 43.8 Å². The molecule has 0 aliphatic carbocycles. The third-order valence-corrected chi connectivity index (χ3v) is 2.89. The van der Waals surface area contributed by atoms with E-state index in [1.807, 2.05) is 22.2 Å². The van der Waals surface area contributed by atoms with Gasteiger partial charge in [0, 0.05) is 17.3 Å². The Balaban J connectivity index is 2.25. The fraction of sp³-hybridized carbons (Fsp3) is 0.111. The summed E-state index contributed by atoms with van der Waals surface area (Å²) in [4.78, 5) is 5.70. The maximum absolute atomic E-state index is 5.54. The van der Waals surface area contributed by atoms with Crippen molar-refractivity contribution >= 4 is 28.5 Å². The normalized spacial score (nSPS) is 10.3. The van der Waals surface area contributed by atoms with E-state index in [0.717, 1.165) is 6.54 Å². The highest BCUT2D eigenvalue weighted by atomic mass is 32.1. The zero-order valence-corrected chi connectivity index (χ0v) is 9.02. The summed E-state index contributed by atoms with van der Waals surface area (Å²) in [7, 11) is 0. The highest BCUT2D eigenvalue weighted by molar-refractivity contribution is 7.80. The summed E-state index contributed by atoms with van der Waals surface area (Å²) < 4.78 is 1.95. The van der Waals surface area contributed by atoms with Crippen LogP contribution in [0.4, 0.5) is 0 Å². The van der Waals surface area contributed by atoms with Gasteiger partial charge >= 0.3 is 0 Å². The van der Waals surface area contributed by atoms with Crippen molar-refractivity contribution < 1.29 is 0 Å². The first-order valence-corrected chi connectivity index (χ1v) is 5.39. The molecule has 14 heavy (non-hydrogen) atoms. The number of rotatable bonds is 3. The van der Waals surface area contributed by atoms with E-state index in [2.05, 4.69) is 11.1 Å². The van der Waals surface area contributed by atoms with Crippen molar-refractivity contribution in [2.45, 2.75) is 6.54 Å². The van der Waals surface area contributed by atoms with E-state index in [1.165, 1.54) is 4.88 Å². The Bertz CT molecular complexity index is 431. The quantitative estimate of drug-likeness (QED) is 0.804. The van der Waals surface area contributed by atoms with E-state index in [4.69, 9.17) is 18.0 Å².